The molecule has 3 aromatic rings. The summed E-state index contributed by atoms with van der Waals surface area (Å²) in [6, 6.07) is 17.6. The number of nitrogens with one attached hydrogen (secondary N) is 1. The van der Waals surface area contributed by atoms with Crippen LogP contribution in [0.2, 0.25) is 5.02 Å². The number of carbonyl (C=O) groups is 1. The van der Waals surface area contributed by atoms with Crippen LogP contribution in [0, 0.1) is 0 Å². The maximum absolute atomic E-state index is 12.5. The normalized spacial score (nSPS) is 11.9. The fraction of sp³-hybridized carbons (Fsp3) is 0.250. The van der Waals surface area contributed by atoms with Crippen molar-refractivity contribution in [1.82, 2.24) is 15.5 Å². The summed E-state index contributed by atoms with van der Waals surface area (Å²) in [5.41, 5.74) is 2.12. The lowest BCUT2D eigenvalue weighted by Gasteiger charge is -2.17. The van der Waals surface area contributed by atoms with Gasteiger partial charge in [-0.15, -0.1) is 0 Å². The predicted molar refractivity (Wildman–Crippen MR) is 108 cm³/mol. The Balaban J connectivity index is 1.67. The molecule has 0 aliphatic carbocycles. The summed E-state index contributed by atoms with van der Waals surface area (Å²) in [7, 11) is 0. The highest BCUT2D eigenvalue weighted by Crippen LogP contribution is 2.28. The molecule has 0 fully saturated rings. The number of benzene rings is 2. The minimum Gasteiger partial charge on any atom is -0.347 e. The highest BCUT2D eigenvalue weighted by molar-refractivity contribution is 7.97. The minimum atomic E-state index is -0.0802. The van der Waals surface area contributed by atoms with Crippen LogP contribution in [-0.2, 0) is 17.1 Å². The van der Waals surface area contributed by atoms with Gasteiger partial charge in [-0.1, -0.05) is 59.2 Å². The zero-order valence-corrected chi connectivity index (χ0v) is 16.5. The van der Waals surface area contributed by atoms with E-state index in [4.69, 9.17) is 16.1 Å². The van der Waals surface area contributed by atoms with Crippen LogP contribution in [0.15, 0.2) is 59.1 Å². The lowest BCUT2D eigenvalue weighted by atomic mass is 9.88. The van der Waals surface area contributed by atoms with E-state index in [1.807, 2.05) is 60.9 Å². The molecule has 1 N–H and O–H groups in total. The van der Waals surface area contributed by atoms with E-state index in [0.29, 0.717) is 28.9 Å². The molecular weight excluding hydrogens is 382 g/mol. The summed E-state index contributed by atoms with van der Waals surface area (Å²) in [5, 5.41) is 7.42. The average molecular weight is 402 g/mol. The van der Waals surface area contributed by atoms with Gasteiger partial charge in [0.25, 0.3) is 0 Å². The van der Waals surface area contributed by atoms with Crippen molar-refractivity contribution in [2.75, 3.05) is 6.26 Å². The van der Waals surface area contributed by atoms with Gasteiger partial charge in [0.15, 0.2) is 5.82 Å². The van der Waals surface area contributed by atoms with Crippen LogP contribution < -0.4 is 5.32 Å². The molecule has 0 spiro atoms. The van der Waals surface area contributed by atoms with Crippen LogP contribution in [0.25, 0.3) is 0 Å². The molecule has 2 aromatic carbocycles. The molecule has 1 heterocycles. The van der Waals surface area contributed by atoms with Gasteiger partial charge in [-0.05, 0) is 29.5 Å². The van der Waals surface area contributed by atoms with Crippen LogP contribution in [0.3, 0.4) is 0 Å². The van der Waals surface area contributed by atoms with Crippen molar-refractivity contribution in [2.45, 2.75) is 24.6 Å². The van der Waals surface area contributed by atoms with Gasteiger partial charge in [0.1, 0.15) is 0 Å². The Bertz CT molecular complexity index is 868. The van der Waals surface area contributed by atoms with E-state index in [1.165, 1.54) is 0 Å². The van der Waals surface area contributed by atoms with Crippen molar-refractivity contribution >= 4 is 29.3 Å². The molecule has 0 unspecified atom stereocenters. The number of halogens is 1. The van der Waals surface area contributed by atoms with E-state index >= 15 is 0 Å². The van der Waals surface area contributed by atoms with E-state index in [2.05, 4.69) is 15.5 Å². The lowest BCUT2D eigenvalue weighted by Crippen LogP contribution is -2.25. The number of rotatable bonds is 8. The summed E-state index contributed by atoms with van der Waals surface area (Å²) in [6.07, 6.45) is 2.29. The third-order valence-corrected chi connectivity index (χ3v) is 4.88. The maximum atomic E-state index is 12.5. The molecule has 0 radical (unpaired) electrons. The first-order chi connectivity index (χ1) is 13.2. The third kappa shape index (κ3) is 5.58. The average Bonchev–Trinajstić information content (AvgIpc) is 3.14. The van der Waals surface area contributed by atoms with Gasteiger partial charge < -0.3 is 9.84 Å². The number of nitrogens with zero attached hydrogens (tertiary/aromatic N) is 2. The zero-order valence-electron chi connectivity index (χ0n) is 14.9. The van der Waals surface area contributed by atoms with E-state index in [-0.39, 0.29) is 18.4 Å². The number of hydrogen-bond donors (Lipinski definition) is 1. The van der Waals surface area contributed by atoms with Crippen molar-refractivity contribution in [2.24, 2.45) is 0 Å². The SMILES string of the molecule is CSCc1noc(CNC(=O)C[C@@H](c2ccccc2)c2ccc(Cl)cc2)n1. The number of hydrogen-bond acceptors (Lipinski definition) is 5. The van der Waals surface area contributed by atoms with E-state index in [9.17, 15) is 4.79 Å². The Morgan fingerprint density at radius 1 is 1.15 bits per heavy atom. The molecule has 7 heteroatoms. The second-order valence-electron chi connectivity index (χ2n) is 6.03. The number of thioether (sulfide) groups is 1. The number of carbonyl (C=O) groups excluding carboxylic acids is 1. The quantitative estimate of drug-likeness (QED) is 0.605. The third-order valence-electron chi connectivity index (χ3n) is 4.08. The first-order valence-electron chi connectivity index (χ1n) is 8.53. The van der Waals surface area contributed by atoms with Gasteiger partial charge in [-0.25, -0.2) is 0 Å². The van der Waals surface area contributed by atoms with Crippen molar-refractivity contribution < 1.29 is 9.32 Å². The minimum absolute atomic E-state index is 0.0572. The zero-order chi connectivity index (χ0) is 19.1. The van der Waals surface area contributed by atoms with Gasteiger partial charge >= 0.3 is 0 Å². The second-order valence-corrected chi connectivity index (χ2v) is 7.34. The molecular formula is C20H20ClN3O2S. The summed E-state index contributed by atoms with van der Waals surface area (Å²) in [5.74, 6) is 1.59. The van der Waals surface area contributed by atoms with Crippen LogP contribution in [0.5, 0.6) is 0 Å². The highest BCUT2D eigenvalue weighted by Gasteiger charge is 2.18. The first kappa shape index (κ1) is 19.5. The molecule has 140 valence electrons. The van der Waals surface area contributed by atoms with Crippen LogP contribution in [0.4, 0.5) is 0 Å². The first-order valence-corrected chi connectivity index (χ1v) is 10.3. The highest BCUT2D eigenvalue weighted by atomic mass is 35.5. The predicted octanol–water partition coefficient (Wildman–Crippen LogP) is 4.42. The molecule has 0 aliphatic rings. The summed E-state index contributed by atoms with van der Waals surface area (Å²) < 4.78 is 5.15. The van der Waals surface area contributed by atoms with Crippen molar-refractivity contribution in [3.8, 4) is 0 Å². The van der Waals surface area contributed by atoms with Crippen LogP contribution >= 0.6 is 23.4 Å². The maximum Gasteiger partial charge on any atom is 0.246 e. The standard InChI is InChI=1S/C20H20ClN3O2S/c1-27-13-18-23-20(26-24-18)12-22-19(25)11-17(14-5-3-2-4-6-14)15-7-9-16(21)10-8-15/h2-10,17H,11-13H2,1H3,(H,22,25)/t17-/m0/s1. The number of aromatic nitrogens is 2. The monoisotopic (exact) mass is 401 g/mol. The Morgan fingerprint density at radius 3 is 2.56 bits per heavy atom. The molecule has 1 aromatic heterocycles. The van der Waals surface area contributed by atoms with Gasteiger partial charge in [0.05, 0.1) is 12.3 Å². The summed E-state index contributed by atoms with van der Waals surface area (Å²) >= 11 is 7.62. The van der Waals surface area contributed by atoms with Crippen LogP contribution in [-0.4, -0.2) is 22.3 Å². The Morgan fingerprint density at radius 2 is 1.85 bits per heavy atom. The molecule has 1 atom stereocenters. The van der Waals surface area contributed by atoms with Gasteiger partial charge in [-0.2, -0.15) is 16.7 Å². The van der Waals surface area contributed by atoms with Gasteiger partial charge in [-0.3, -0.25) is 4.79 Å². The Labute approximate surface area is 167 Å². The smallest absolute Gasteiger partial charge is 0.246 e. The summed E-state index contributed by atoms with van der Waals surface area (Å²) in [4.78, 5) is 16.8. The number of amides is 1. The Kier molecular flexibility index (Phi) is 6.90. The van der Waals surface area contributed by atoms with E-state index < -0.39 is 0 Å². The van der Waals surface area contributed by atoms with Crippen molar-refractivity contribution in [3.63, 3.8) is 0 Å². The second kappa shape index (κ2) is 9.58. The largest absolute Gasteiger partial charge is 0.347 e. The van der Waals surface area contributed by atoms with Crippen molar-refractivity contribution in [1.29, 1.82) is 0 Å². The molecule has 0 saturated heterocycles. The molecule has 0 bridgehead atoms. The molecule has 5 nitrogen and oxygen atoms in total. The molecule has 0 saturated carbocycles. The van der Waals surface area contributed by atoms with E-state index in [0.717, 1.165) is 11.1 Å². The fourth-order valence-electron chi connectivity index (χ4n) is 2.79. The molecule has 27 heavy (non-hydrogen) atoms. The van der Waals surface area contributed by atoms with Crippen molar-refractivity contribution in [3.05, 3.63) is 82.5 Å². The molecule has 3 rings (SSSR count). The van der Waals surface area contributed by atoms with E-state index in [1.54, 1.807) is 11.8 Å². The fourth-order valence-corrected chi connectivity index (χ4v) is 3.29. The van der Waals surface area contributed by atoms with Gasteiger partial charge in [0.2, 0.25) is 11.8 Å². The Hall–Kier alpha value is -2.31. The molecule has 1 amide bonds. The topological polar surface area (TPSA) is 68.0 Å². The lowest BCUT2D eigenvalue weighted by molar-refractivity contribution is -0.121. The summed E-state index contributed by atoms with van der Waals surface area (Å²) in [6.45, 7) is 0.225. The van der Waals surface area contributed by atoms with Gasteiger partial charge in [0, 0.05) is 17.4 Å². The molecule has 0 aliphatic heterocycles. The van der Waals surface area contributed by atoms with Crippen LogP contribution in [0.1, 0.15) is 35.2 Å².